The van der Waals surface area contributed by atoms with Crippen molar-refractivity contribution < 1.29 is 4.79 Å². The van der Waals surface area contributed by atoms with E-state index in [0.29, 0.717) is 5.92 Å². The Bertz CT molecular complexity index is 521. The van der Waals surface area contributed by atoms with Crippen LogP contribution in [0.4, 0.5) is 0 Å². The van der Waals surface area contributed by atoms with Gasteiger partial charge in [-0.1, -0.05) is 6.08 Å². The van der Waals surface area contributed by atoms with Crippen LogP contribution in [0.15, 0.2) is 18.2 Å². The summed E-state index contributed by atoms with van der Waals surface area (Å²) in [6.45, 7) is 3.75. The Labute approximate surface area is 114 Å². The lowest BCUT2D eigenvalue weighted by Crippen LogP contribution is -2.17. The first kappa shape index (κ1) is 12.4. The third-order valence-corrected chi connectivity index (χ3v) is 4.17. The zero-order chi connectivity index (χ0) is 13.2. The molecule has 0 bridgehead atoms. The van der Waals surface area contributed by atoms with Gasteiger partial charge in [-0.2, -0.15) is 0 Å². The Balaban J connectivity index is 1.87. The Morgan fingerprint density at radius 2 is 2.32 bits per heavy atom. The minimum Gasteiger partial charge on any atom is -0.345 e. The van der Waals surface area contributed by atoms with Gasteiger partial charge in [0.05, 0.1) is 0 Å². The molecular formula is C16H20N2O. The molecule has 1 saturated heterocycles. The molecule has 19 heavy (non-hydrogen) atoms. The van der Waals surface area contributed by atoms with E-state index in [-0.39, 0.29) is 0 Å². The van der Waals surface area contributed by atoms with Crippen LogP contribution < -0.4 is 0 Å². The average Bonchev–Trinajstić information content (AvgIpc) is 3.09. The van der Waals surface area contributed by atoms with Crippen LogP contribution in [0, 0.1) is 6.92 Å². The molecule has 3 heteroatoms. The molecule has 1 atom stereocenters. The van der Waals surface area contributed by atoms with Gasteiger partial charge in [-0.25, -0.2) is 0 Å². The van der Waals surface area contributed by atoms with E-state index < -0.39 is 0 Å². The number of pyridine rings is 1. The number of nitrogens with zero attached hydrogens (tertiary/aromatic N) is 2. The van der Waals surface area contributed by atoms with Crippen LogP contribution in [0.1, 0.15) is 48.6 Å². The van der Waals surface area contributed by atoms with E-state index in [1.54, 1.807) is 0 Å². The summed E-state index contributed by atoms with van der Waals surface area (Å²) in [7, 11) is 0. The van der Waals surface area contributed by atoms with Crippen LogP contribution in [-0.2, 0) is 4.79 Å². The largest absolute Gasteiger partial charge is 0.345 e. The predicted octanol–water partition coefficient (Wildman–Crippen LogP) is 2.90. The molecule has 0 N–H and O–H groups in total. The number of aryl methyl sites for hydroxylation is 1. The Hall–Kier alpha value is -1.64. The maximum Gasteiger partial charge on any atom is 0.209 e. The van der Waals surface area contributed by atoms with Crippen molar-refractivity contribution in [1.82, 2.24) is 9.88 Å². The van der Waals surface area contributed by atoms with Crippen molar-refractivity contribution in [2.75, 3.05) is 13.1 Å². The third-order valence-electron chi connectivity index (χ3n) is 4.17. The van der Waals surface area contributed by atoms with Gasteiger partial charge in [0.1, 0.15) is 0 Å². The van der Waals surface area contributed by atoms with E-state index in [1.807, 2.05) is 4.90 Å². The van der Waals surface area contributed by atoms with E-state index in [4.69, 9.17) is 0 Å². The molecule has 0 spiro atoms. The van der Waals surface area contributed by atoms with Gasteiger partial charge in [-0.05, 0) is 55.9 Å². The molecule has 2 heterocycles. The van der Waals surface area contributed by atoms with Gasteiger partial charge in [0.15, 0.2) is 0 Å². The molecule has 2 aliphatic rings. The lowest BCUT2D eigenvalue weighted by Gasteiger charge is -2.13. The first-order valence-electron chi connectivity index (χ1n) is 7.13. The smallest absolute Gasteiger partial charge is 0.209 e. The molecule has 100 valence electrons. The zero-order valence-corrected chi connectivity index (χ0v) is 11.4. The first-order valence-corrected chi connectivity index (χ1v) is 7.13. The molecule has 3 rings (SSSR count). The average molecular weight is 256 g/mol. The van der Waals surface area contributed by atoms with Gasteiger partial charge in [0.25, 0.3) is 0 Å². The number of amides is 1. The highest BCUT2D eigenvalue weighted by molar-refractivity contribution is 5.67. The Kier molecular flexibility index (Phi) is 3.36. The van der Waals surface area contributed by atoms with Crippen molar-refractivity contribution >= 4 is 12.0 Å². The maximum atomic E-state index is 10.8. The molecular weight excluding hydrogens is 236 g/mol. The number of carbonyl (C=O) groups is 1. The van der Waals surface area contributed by atoms with Crippen LogP contribution >= 0.6 is 0 Å². The minimum absolute atomic E-state index is 0.408. The molecule has 0 aromatic carbocycles. The van der Waals surface area contributed by atoms with Crippen molar-refractivity contribution in [3.05, 3.63) is 35.2 Å². The SMILES string of the molecule is Cc1cc(C2=CCCC2)cc(C2CCN(C=O)C2)n1. The number of hydrogen-bond acceptors (Lipinski definition) is 2. The highest BCUT2D eigenvalue weighted by atomic mass is 16.1. The van der Waals surface area contributed by atoms with Crippen molar-refractivity contribution in [3.63, 3.8) is 0 Å². The number of carbonyl (C=O) groups excluding carboxylic acids is 1. The summed E-state index contributed by atoms with van der Waals surface area (Å²) in [5, 5.41) is 0. The van der Waals surface area contributed by atoms with Gasteiger partial charge in [-0.15, -0.1) is 0 Å². The second-order valence-corrected chi connectivity index (χ2v) is 5.63. The molecule has 1 aromatic heterocycles. The number of allylic oxidation sites excluding steroid dienone is 2. The summed E-state index contributed by atoms with van der Waals surface area (Å²) >= 11 is 0. The zero-order valence-electron chi connectivity index (χ0n) is 11.4. The van der Waals surface area contributed by atoms with Gasteiger partial charge in [0.2, 0.25) is 6.41 Å². The monoisotopic (exact) mass is 256 g/mol. The van der Waals surface area contributed by atoms with Gasteiger partial charge in [0, 0.05) is 30.4 Å². The van der Waals surface area contributed by atoms with Crippen molar-refractivity contribution in [1.29, 1.82) is 0 Å². The first-order chi connectivity index (χ1) is 9.26. The number of aromatic nitrogens is 1. The maximum absolute atomic E-state index is 10.8. The molecule has 1 aliphatic heterocycles. The lowest BCUT2D eigenvalue weighted by molar-refractivity contribution is -0.117. The molecule has 1 unspecified atom stereocenters. The summed E-state index contributed by atoms with van der Waals surface area (Å²) in [4.78, 5) is 17.4. The number of hydrogen-bond donors (Lipinski definition) is 0. The molecule has 0 radical (unpaired) electrons. The molecule has 1 amide bonds. The number of likely N-dealkylation sites (tertiary alicyclic amines) is 1. The summed E-state index contributed by atoms with van der Waals surface area (Å²) in [5.74, 6) is 0.408. The van der Waals surface area contributed by atoms with Crippen LogP contribution in [0.5, 0.6) is 0 Å². The molecule has 1 aliphatic carbocycles. The topological polar surface area (TPSA) is 33.2 Å². The van der Waals surface area contributed by atoms with E-state index in [0.717, 1.165) is 37.3 Å². The summed E-state index contributed by atoms with van der Waals surface area (Å²) in [5.41, 5.74) is 5.05. The van der Waals surface area contributed by atoms with Crippen molar-refractivity contribution in [2.24, 2.45) is 0 Å². The summed E-state index contributed by atoms with van der Waals surface area (Å²) < 4.78 is 0. The molecule has 1 fully saturated rings. The van der Waals surface area contributed by atoms with E-state index >= 15 is 0 Å². The lowest BCUT2D eigenvalue weighted by atomic mass is 9.98. The fourth-order valence-corrected chi connectivity index (χ4v) is 3.15. The van der Waals surface area contributed by atoms with Gasteiger partial charge >= 0.3 is 0 Å². The second kappa shape index (κ2) is 5.16. The summed E-state index contributed by atoms with van der Waals surface area (Å²) in [6, 6.07) is 4.43. The normalized spacial score (nSPS) is 22.7. The minimum atomic E-state index is 0.408. The van der Waals surface area contributed by atoms with Gasteiger partial charge in [-0.3, -0.25) is 9.78 Å². The van der Waals surface area contributed by atoms with Crippen LogP contribution in [0.3, 0.4) is 0 Å². The van der Waals surface area contributed by atoms with Crippen LogP contribution in [-0.4, -0.2) is 29.4 Å². The van der Waals surface area contributed by atoms with Crippen molar-refractivity contribution in [2.45, 2.75) is 38.5 Å². The fourth-order valence-electron chi connectivity index (χ4n) is 3.15. The van der Waals surface area contributed by atoms with Crippen LogP contribution in [0.25, 0.3) is 5.57 Å². The van der Waals surface area contributed by atoms with Crippen molar-refractivity contribution in [3.8, 4) is 0 Å². The highest BCUT2D eigenvalue weighted by Crippen LogP contribution is 2.31. The van der Waals surface area contributed by atoms with Crippen LogP contribution in [0.2, 0.25) is 0 Å². The summed E-state index contributed by atoms with van der Waals surface area (Å²) in [6.07, 6.45) is 8.01. The standard InChI is InChI=1S/C16H20N2O/c1-12-8-15(13-4-2-3-5-13)9-16(17-12)14-6-7-18(10-14)11-19/h4,8-9,11,14H,2-3,5-7,10H2,1H3. The molecule has 1 aromatic rings. The molecule has 3 nitrogen and oxygen atoms in total. The number of rotatable bonds is 3. The third kappa shape index (κ3) is 2.55. The predicted molar refractivity (Wildman–Crippen MR) is 75.8 cm³/mol. The quantitative estimate of drug-likeness (QED) is 0.779. The van der Waals surface area contributed by atoms with E-state index in [9.17, 15) is 4.79 Å². The fraction of sp³-hybridized carbons (Fsp3) is 0.500. The highest BCUT2D eigenvalue weighted by Gasteiger charge is 2.24. The van der Waals surface area contributed by atoms with E-state index in [1.165, 1.54) is 30.4 Å². The molecule has 0 saturated carbocycles. The Morgan fingerprint density at radius 1 is 1.42 bits per heavy atom. The van der Waals surface area contributed by atoms with E-state index in [2.05, 4.69) is 30.1 Å². The second-order valence-electron chi connectivity index (χ2n) is 5.63. The Morgan fingerprint density at radius 3 is 3.00 bits per heavy atom. The van der Waals surface area contributed by atoms with Gasteiger partial charge < -0.3 is 4.90 Å².